The number of halogens is 1. The van der Waals surface area contributed by atoms with Crippen molar-refractivity contribution in [3.63, 3.8) is 0 Å². The number of aromatic nitrogens is 4. The van der Waals surface area contributed by atoms with Crippen molar-refractivity contribution in [1.82, 2.24) is 19.9 Å². The van der Waals surface area contributed by atoms with Gasteiger partial charge in [0.05, 0.1) is 11.1 Å². The van der Waals surface area contributed by atoms with Gasteiger partial charge in [-0.2, -0.15) is 4.98 Å². The minimum Gasteiger partial charge on any atom is -0.366 e. The van der Waals surface area contributed by atoms with E-state index in [0.29, 0.717) is 27.9 Å². The van der Waals surface area contributed by atoms with E-state index in [2.05, 4.69) is 25.3 Å². The van der Waals surface area contributed by atoms with Crippen molar-refractivity contribution in [3.8, 4) is 11.4 Å². The molecule has 0 atom stereocenters. The van der Waals surface area contributed by atoms with Crippen LogP contribution in [0.3, 0.4) is 0 Å². The number of nitrogens with zero attached hydrogens (tertiary/aromatic N) is 4. The summed E-state index contributed by atoms with van der Waals surface area (Å²) in [5, 5.41) is 3.91. The number of anilines is 4. The second-order valence-corrected chi connectivity index (χ2v) is 8.06. The molecule has 0 unspecified atom stereocenters. The summed E-state index contributed by atoms with van der Waals surface area (Å²) >= 11 is 5.99. The molecule has 4 N–H and O–H groups in total. The fourth-order valence-corrected chi connectivity index (χ4v) is 3.73. The number of para-hydroxylation sites is 1. The molecule has 0 aliphatic heterocycles. The normalized spacial score (nSPS) is 10.9. The Kier molecular flexibility index (Phi) is 5.57. The van der Waals surface area contributed by atoms with E-state index in [1.165, 1.54) is 0 Å². The lowest BCUT2D eigenvalue weighted by Gasteiger charge is -2.18. The Labute approximate surface area is 200 Å². The number of fused-ring (bicyclic) bond motifs is 1. The van der Waals surface area contributed by atoms with Crippen molar-refractivity contribution in [1.29, 1.82) is 0 Å². The van der Waals surface area contributed by atoms with E-state index < -0.39 is 5.91 Å². The molecular formula is C25H20ClN7O. The molecular weight excluding hydrogens is 450 g/mol. The average molecular weight is 470 g/mol. The van der Waals surface area contributed by atoms with Gasteiger partial charge >= 0.3 is 0 Å². The number of imidazole rings is 1. The number of rotatable bonds is 6. The van der Waals surface area contributed by atoms with Gasteiger partial charge in [-0.15, -0.1) is 0 Å². The minimum absolute atomic E-state index is 0.388. The van der Waals surface area contributed by atoms with Gasteiger partial charge in [0.2, 0.25) is 5.95 Å². The van der Waals surface area contributed by atoms with Gasteiger partial charge in [0.15, 0.2) is 0 Å². The maximum absolute atomic E-state index is 11.7. The van der Waals surface area contributed by atoms with E-state index in [1.54, 1.807) is 18.3 Å². The molecule has 0 saturated heterocycles. The molecule has 168 valence electrons. The van der Waals surface area contributed by atoms with Crippen LogP contribution in [0.2, 0.25) is 5.02 Å². The molecule has 34 heavy (non-hydrogen) atoms. The number of carbonyl (C=O) groups excluding carboxylic acids is 1. The van der Waals surface area contributed by atoms with Gasteiger partial charge < -0.3 is 20.9 Å². The van der Waals surface area contributed by atoms with Crippen LogP contribution in [0.4, 0.5) is 23.1 Å². The number of hydrogen-bond acceptors (Lipinski definition) is 6. The monoisotopic (exact) mass is 469 g/mol. The van der Waals surface area contributed by atoms with Gasteiger partial charge in [-0.1, -0.05) is 17.7 Å². The highest BCUT2D eigenvalue weighted by Gasteiger charge is 2.12. The first-order valence-corrected chi connectivity index (χ1v) is 10.8. The lowest BCUT2D eigenvalue weighted by molar-refractivity contribution is 0.100. The Morgan fingerprint density at radius 1 is 1.00 bits per heavy atom. The summed E-state index contributed by atoms with van der Waals surface area (Å²) in [4.78, 5) is 30.4. The number of aromatic amines is 1. The zero-order chi connectivity index (χ0) is 23.7. The summed E-state index contributed by atoms with van der Waals surface area (Å²) in [5.41, 5.74) is 9.82. The molecule has 0 fully saturated rings. The molecule has 0 bridgehead atoms. The lowest BCUT2D eigenvalue weighted by atomic mass is 10.2. The van der Waals surface area contributed by atoms with E-state index in [-0.39, 0.29) is 0 Å². The number of primary amides is 1. The first kappa shape index (κ1) is 21.4. The molecule has 0 saturated carbocycles. The lowest BCUT2D eigenvalue weighted by Crippen LogP contribution is -2.12. The van der Waals surface area contributed by atoms with Gasteiger partial charge in [-0.05, 0) is 66.7 Å². The first-order valence-electron chi connectivity index (χ1n) is 10.5. The molecule has 3 aromatic carbocycles. The zero-order valence-electron chi connectivity index (χ0n) is 18.2. The van der Waals surface area contributed by atoms with Crippen LogP contribution in [0.25, 0.3) is 22.4 Å². The van der Waals surface area contributed by atoms with Crippen molar-refractivity contribution < 1.29 is 4.79 Å². The van der Waals surface area contributed by atoms with Crippen LogP contribution in [0, 0.1) is 0 Å². The minimum atomic E-state index is -0.507. The predicted octanol–water partition coefficient (Wildman–Crippen LogP) is 5.28. The van der Waals surface area contributed by atoms with Crippen molar-refractivity contribution in [2.75, 3.05) is 17.3 Å². The molecule has 9 heteroatoms. The van der Waals surface area contributed by atoms with E-state index in [1.807, 2.05) is 72.6 Å². The summed E-state index contributed by atoms with van der Waals surface area (Å²) < 4.78 is 0. The smallest absolute Gasteiger partial charge is 0.250 e. The summed E-state index contributed by atoms with van der Waals surface area (Å²) in [7, 11) is 1.93. The summed E-state index contributed by atoms with van der Waals surface area (Å²) in [5.74, 6) is 1.36. The van der Waals surface area contributed by atoms with Crippen LogP contribution in [0.5, 0.6) is 0 Å². The fraction of sp³-hybridized carbons (Fsp3) is 0.0400. The first-order chi connectivity index (χ1) is 16.5. The molecule has 0 radical (unpaired) electrons. The molecule has 2 heterocycles. The average Bonchev–Trinajstić information content (AvgIpc) is 3.29. The largest absolute Gasteiger partial charge is 0.366 e. The molecule has 5 rings (SSSR count). The SMILES string of the molecule is CN(c1ccc(Cl)cc1)c1ccnc(Nc2ccc(-c3nc4c(C(N)=O)cccc4[nH]3)cc2)n1. The Balaban J connectivity index is 1.35. The maximum atomic E-state index is 11.7. The van der Waals surface area contributed by atoms with Gasteiger partial charge in [-0.25, -0.2) is 9.97 Å². The molecule has 0 aliphatic rings. The molecule has 0 spiro atoms. The van der Waals surface area contributed by atoms with E-state index in [0.717, 1.165) is 28.3 Å². The number of nitrogens with two attached hydrogens (primary N) is 1. The van der Waals surface area contributed by atoms with Gasteiger partial charge in [0, 0.05) is 35.2 Å². The highest BCUT2D eigenvalue weighted by Crippen LogP contribution is 2.26. The molecule has 0 aliphatic carbocycles. The van der Waals surface area contributed by atoms with Crippen LogP contribution in [-0.2, 0) is 0 Å². The molecule has 5 aromatic rings. The predicted molar refractivity (Wildman–Crippen MR) is 135 cm³/mol. The maximum Gasteiger partial charge on any atom is 0.250 e. The van der Waals surface area contributed by atoms with Crippen molar-refractivity contribution >= 4 is 51.7 Å². The number of benzene rings is 3. The topological polar surface area (TPSA) is 113 Å². The Morgan fingerprint density at radius 2 is 1.76 bits per heavy atom. The fourth-order valence-electron chi connectivity index (χ4n) is 3.60. The standard InChI is InChI=1S/C25H20ClN7O/c1-33(18-11-7-16(26)8-12-18)21-13-14-28-25(31-21)29-17-9-5-15(6-10-17)24-30-20-4-2-3-19(23(27)34)22(20)32-24/h2-14H,1H3,(H2,27,34)(H,30,32)(H,28,29,31). The highest BCUT2D eigenvalue weighted by atomic mass is 35.5. The van der Waals surface area contributed by atoms with Crippen molar-refractivity contribution in [2.45, 2.75) is 0 Å². The molecule has 8 nitrogen and oxygen atoms in total. The number of amides is 1. The number of carbonyl (C=O) groups is 1. The van der Waals surface area contributed by atoms with Crippen molar-refractivity contribution in [3.05, 3.63) is 89.6 Å². The second-order valence-electron chi connectivity index (χ2n) is 7.63. The Bertz CT molecular complexity index is 1480. The molecule has 1 amide bonds. The van der Waals surface area contributed by atoms with E-state index >= 15 is 0 Å². The number of H-pyrrole nitrogens is 1. The summed E-state index contributed by atoms with van der Waals surface area (Å²) in [6, 6.07) is 22.4. The van der Waals surface area contributed by atoms with Gasteiger partial charge in [-0.3, -0.25) is 4.79 Å². The van der Waals surface area contributed by atoms with Crippen LogP contribution in [0.15, 0.2) is 79.0 Å². The highest BCUT2D eigenvalue weighted by molar-refractivity contribution is 6.30. The van der Waals surface area contributed by atoms with Crippen LogP contribution < -0.4 is 16.0 Å². The second kappa shape index (κ2) is 8.84. The van der Waals surface area contributed by atoms with Crippen LogP contribution >= 0.6 is 11.6 Å². The number of hydrogen-bond donors (Lipinski definition) is 3. The third kappa shape index (κ3) is 4.26. The van der Waals surface area contributed by atoms with Gasteiger partial charge in [0.1, 0.15) is 17.2 Å². The van der Waals surface area contributed by atoms with Crippen LogP contribution in [-0.4, -0.2) is 32.9 Å². The third-order valence-corrected chi connectivity index (χ3v) is 5.64. The van der Waals surface area contributed by atoms with E-state index in [4.69, 9.17) is 17.3 Å². The third-order valence-electron chi connectivity index (χ3n) is 5.39. The zero-order valence-corrected chi connectivity index (χ0v) is 18.9. The van der Waals surface area contributed by atoms with Crippen LogP contribution in [0.1, 0.15) is 10.4 Å². The van der Waals surface area contributed by atoms with Crippen molar-refractivity contribution in [2.24, 2.45) is 5.73 Å². The number of nitrogens with one attached hydrogen (secondary N) is 2. The summed E-state index contributed by atoms with van der Waals surface area (Å²) in [6.45, 7) is 0. The van der Waals surface area contributed by atoms with Gasteiger partial charge in [0.25, 0.3) is 5.91 Å². The van der Waals surface area contributed by atoms with E-state index in [9.17, 15) is 4.79 Å². The molecule has 2 aromatic heterocycles. The Morgan fingerprint density at radius 3 is 2.50 bits per heavy atom. The Hall–Kier alpha value is -4.43. The quantitative estimate of drug-likeness (QED) is 0.311. The summed E-state index contributed by atoms with van der Waals surface area (Å²) in [6.07, 6.45) is 1.70.